The maximum Gasteiger partial charge on any atom is 0.232 e. The van der Waals surface area contributed by atoms with E-state index in [1.165, 1.54) is 26.4 Å². The number of amides is 2. The molecule has 2 aromatic carbocycles. The molecule has 1 heterocycles. The third kappa shape index (κ3) is 3.43. The van der Waals surface area contributed by atoms with Gasteiger partial charge in [0, 0.05) is 23.9 Å². The fourth-order valence-electron chi connectivity index (χ4n) is 2.83. The molecule has 0 spiro atoms. The molecule has 0 saturated carbocycles. The van der Waals surface area contributed by atoms with Gasteiger partial charge in [0.15, 0.2) is 11.5 Å². The summed E-state index contributed by atoms with van der Waals surface area (Å²) in [7, 11) is 2.97. The van der Waals surface area contributed by atoms with Crippen molar-refractivity contribution in [3.8, 4) is 11.5 Å². The number of hydrogen-bond donors (Lipinski definition) is 2. The van der Waals surface area contributed by atoms with E-state index >= 15 is 0 Å². The number of rotatable bonds is 4. The van der Waals surface area contributed by atoms with E-state index in [0.29, 0.717) is 28.4 Å². The van der Waals surface area contributed by atoms with E-state index in [1.807, 2.05) is 0 Å². The highest BCUT2D eigenvalue weighted by atomic mass is 35.5. The van der Waals surface area contributed by atoms with Crippen LogP contribution in [0.1, 0.15) is 17.9 Å². The van der Waals surface area contributed by atoms with Crippen LogP contribution >= 0.6 is 11.6 Å². The number of carbonyl (C=O) groups is 2. The molecule has 0 fully saturated rings. The maximum absolute atomic E-state index is 13.3. The van der Waals surface area contributed by atoms with E-state index in [4.69, 9.17) is 21.1 Å². The molecule has 1 atom stereocenters. The number of halogens is 2. The van der Waals surface area contributed by atoms with Crippen molar-refractivity contribution in [2.45, 2.75) is 12.3 Å². The van der Waals surface area contributed by atoms with E-state index in [-0.39, 0.29) is 17.4 Å². The first kappa shape index (κ1) is 18.0. The fraction of sp³-hybridized carbons (Fsp3) is 0.222. The highest BCUT2D eigenvalue weighted by Crippen LogP contribution is 2.40. The van der Waals surface area contributed by atoms with Crippen LogP contribution in [0.2, 0.25) is 5.02 Å². The number of fused-ring (bicyclic) bond motifs is 1. The van der Waals surface area contributed by atoms with Crippen molar-refractivity contribution in [1.29, 1.82) is 0 Å². The summed E-state index contributed by atoms with van der Waals surface area (Å²) in [5, 5.41) is 5.29. The summed E-state index contributed by atoms with van der Waals surface area (Å²) in [5.41, 5.74) is 1.43. The summed E-state index contributed by atoms with van der Waals surface area (Å²) in [5.74, 6) is -1.12. The Labute approximate surface area is 154 Å². The zero-order valence-corrected chi connectivity index (χ0v) is 14.8. The van der Waals surface area contributed by atoms with Gasteiger partial charge in [0.1, 0.15) is 5.82 Å². The number of hydrogen-bond acceptors (Lipinski definition) is 4. The summed E-state index contributed by atoms with van der Waals surface area (Å²) in [4.78, 5) is 24.7. The van der Waals surface area contributed by atoms with Crippen molar-refractivity contribution >= 4 is 34.8 Å². The predicted molar refractivity (Wildman–Crippen MR) is 95.6 cm³/mol. The van der Waals surface area contributed by atoms with Gasteiger partial charge in [-0.1, -0.05) is 11.6 Å². The number of nitrogens with one attached hydrogen (secondary N) is 2. The monoisotopic (exact) mass is 378 g/mol. The second kappa shape index (κ2) is 7.21. The van der Waals surface area contributed by atoms with Crippen molar-refractivity contribution in [1.82, 2.24) is 0 Å². The predicted octanol–water partition coefficient (Wildman–Crippen LogP) is 3.56. The largest absolute Gasteiger partial charge is 0.493 e. The van der Waals surface area contributed by atoms with E-state index in [9.17, 15) is 14.0 Å². The Morgan fingerprint density at radius 1 is 1.23 bits per heavy atom. The summed E-state index contributed by atoms with van der Waals surface area (Å²) >= 11 is 5.74. The Morgan fingerprint density at radius 3 is 2.58 bits per heavy atom. The zero-order valence-electron chi connectivity index (χ0n) is 14.1. The average molecular weight is 379 g/mol. The van der Waals surface area contributed by atoms with Gasteiger partial charge in [0.2, 0.25) is 11.8 Å². The zero-order chi connectivity index (χ0) is 18.8. The van der Waals surface area contributed by atoms with Gasteiger partial charge in [-0.05, 0) is 29.8 Å². The lowest BCUT2D eigenvalue weighted by Gasteiger charge is -2.26. The summed E-state index contributed by atoms with van der Waals surface area (Å²) in [6.07, 6.45) is -0.0246. The molecule has 8 heteroatoms. The Kier molecular flexibility index (Phi) is 4.99. The van der Waals surface area contributed by atoms with Crippen molar-refractivity contribution in [3.63, 3.8) is 0 Å². The first-order valence-electron chi connectivity index (χ1n) is 7.74. The number of carbonyl (C=O) groups excluding carboxylic acids is 2. The normalized spacial score (nSPS) is 15.7. The minimum atomic E-state index is -0.734. The lowest BCUT2D eigenvalue weighted by molar-refractivity contribution is -0.123. The second-order valence-electron chi connectivity index (χ2n) is 5.72. The third-order valence-corrected chi connectivity index (χ3v) is 4.39. The Balaban J connectivity index is 1.94. The molecule has 3 rings (SSSR count). The number of anilines is 2. The molecule has 1 aliphatic rings. The Bertz CT molecular complexity index is 888. The van der Waals surface area contributed by atoms with Gasteiger partial charge in [-0.2, -0.15) is 0 Å². The topological polar surface area (TPSA) is 76.7 Å². The molecule has 2 N–H and O–H groups in total. The van der Waals surface area contributed by atoms with Crippen molar-refractivity contribution in [3.05, 3.63) is 46.7 Å². The smallest absolute Gasteiger partial charge is 0.232 e. The molecular weight excluding hydrogens is 363 g/mol. The van der Waals surface area contributed by atoms with Gasteiger partial charge in [-0.3, -0.25) is 9.59 Å². The average Bonchev–Trinajstić information content (AvgIpc) is 2.62. The molecule has 136 valence electrons. The summed E-state index contributed by atoms with van der Waals surface area (Å²) in [6, 6.07) is 7.15. The van der Waals surface area contributed by atoms with Gasteiger partial charge in [-0.15, -0.1) is 0 Å². The van der Waals surface area contributed by atoms with Crippen LogP contribution in [0, 0.1) is 5.82 Å². The molecule has 0 radical (unpaired) electrons. The molecule has 2 amide bonds. The first-order valence-corrected chi connectivity index (χ1v) is 8.12. The van der Waals surface area contributed by atoms with Crippen LogP contribution in [0.3, 0.4) is 0 Å². The lowest BCUT2D eigenvalue weighted by atomic mass is 9.89. The second-order valence-corrected chi connectivity index (χ2v) is 6.12. The first-order chi connectivity index (χ1) is 12.4. The molecule has 6 nitrogen and oxygen atoms in total. The van der Waals surface area contributed by atoms with Gasteiger partial charge in [-0.25, -0.2) is 4.39 Å². The van der Waals surface area contributed by atoms with Crippen LogP contribution in [0.25, 0.3) is 0 Å². The number of benzene rings is 2. The lowest BCUT2D eigenvalue weighted by Crippen LogP contribution is -2.30. The third-order valence-electron chi connectivity index (χ3n) is 4.10. The molecule has 0 aromatic heterocycles. The Morgan fingerprint density at radius 2 is 1.92 bits per heavy atom. The molecule has 0 saturated heterocycles. The van der Waals surface area contributed by atoms with Crippen LogP contribution in [-0.2, 0) is 9.59 Å². The van der Waals surface area contributed by atoms with Gasteiger partial charge >= 0.3 is 0 Å². The van der Waals surface area contributed by atoms with Crippen molar-refractivity contribution in [2.24, 2.45) is 0 Å². The molecule has 0 unspecified atom stereocenters. The van der Waals surface area contributed by atoms with Crippen LogP contribution in [-0.4, -0.2) is 26.0 Å². The highest BCUT2D eigenvalue weighted by molar-refractivity contribution is 6.31. The summed E-state index contributed by atoms with van der Waals surface area (Å²) < 4.78 is 23.8. The SMILES string of the molecule is COc1cc2c(cc1OC)[C@H](C(=O)Nc1ccc(F)c(Cl)c1)CC(=O)N2. The Hall–Kier alpha value is -2.80. The van der Waals surface area contributed by atoms with Gasteiger partial charge in [0.05, 0.1) is 25.2 Å². The number of methoxy groups -OCH3 is 2. The standard InChI is InChI=1S/C18H16ClFN2O4/c1-25-15-6-10-11(7-17(23)22-14(10)8-16(15)26-2)18(24)21-9-3-4-13(20)12(19)5-9/h3-6,8,11H,7H2,1-2H3,(H,21,24)(H,22,23)/t11-/m1/s1. The molecular formula is C18H16ClFN2O4. The molecule has 0 bridgehead atoms. The van der Waals surface area contributed by atoms with Gasteiger partial charge in [0.25, 0.3) is 0 Å². The molecule has 0 aliphatic carbocycles. The molecule has 2 aromatic rings. The van der Waals surface area contributed by atoms with Crippen LogP contribution in [0.15, 0.2) is 30.3 Å². The molecule has 26 heavy (non-hydrogen) atoms. The van der Waals surface area contributed by atoms with Crippen LogP contribution in [0.5, 0.6) is 11.5 Å². The summed E-state index contributed by atoms with van der Waals surface area (Å²) in [6.45, 7) is 0. The quantitative estimate of drug-likeness (QED) is 0.852. The minimum absolute atomic E-state index is 0.0246. The van der Waals surface area contributed by atoms with E-state index in [1.54, 1.807) is 12.1 Å². The van der Waals surface area contributed by atoms with E-state index in [0.717, 1.165) is 6.07 Å². The van der Waals surface area contributed by atoms with Crippen molar-refractivity contribution < 1.29 is 23.5 Å². The molecule has 1 aliphatic heterocycles. The van der Waals surface area contributed by atoms with E-state index < -0.39 is 17.6 Å². The van der Waals surface area contributed by atoms with Crippen LogP contribution < -0.4 is 20.1 Å². The maximum atomic E-state index is 13.3. The fourth-order valence-corrected chi connectivity index (χ4v) is 3.01. The van der Waals surface area contributed by atoms with Crippen LogP contribution in [0.4, 0.5) is 15.8 Å². The van der Waals surface area contributed by atoms with Gasteiger partial charge < -0.3 is 20.1 Å². The highest BCUT2D eigenvalue weighted by Gasteiger charge is 2.32. The number of ether oxygens (including phenoxy) is 2. The van der Waals surface area contributed by atoms with E-state index in [2.05, 4.69) is 10.6 Å². The minimum Gasteiger partial charge on any atom is -0.493 e. The van der Waals surface area contributed by atoms with Crippen molar-refractivity contribution in [2.75, 3.05) is 24.9 Å².